The Morgan fingerprint density at radius 3 is 2.71 bits per heavy atom. The minimum absolute atomic E-state index is 0.412. The van der Waals surface area contributed by atoms with Gasteiger partial charge in [-0.2, -0.15) is 0 Å². The first kappa shape index (κ1) is 12.0. The summed E-state index contributed by atoms with van der Waals surface area (Å²) in [6.45, 7) is 7.25. The van der Waals surface area contributed by atoms with Crippen LogP contribution in [0, 0.1) is 5.92 Å². The Kier molecular flexibility index (Phi) is 4.85. The largest absolute Gasteiger partial charge is 0.383 e. The van der Waals surface area contributed by atoms with Crippen LogP contribution in [0.1, 0.15) is 26.7 Å². The third-order valence-electron chi connectivity index (χ3n) is 3.21. The SMILES string of the molecule is COCC(CN)N1CCCC1C(C)C. The molecule has 0 amide bonds. The number of nitrogens with two attached hydrogens (primary N) is 1. The molecule has 0 bridgehead atoms. The maximum absolute atomic E-state index is 5.78. The van der Waals surface area contributed by atoms with Gasteiger partial charge in [0.2, 0.25) is 0 Å². The molecule has 3 heteroatoms. The molecule has 0 radical (unpaired) electrons. The van der Waals surface area contributed by atoms with E-state index >= 15 is 0 Å². The molecule has 1 aliphatic rings. The van der Waals surface area contributed by atoms with Crippen LogP contribution in [0.25, 0.3) is 0 Å². The smallest absolute Gasteiger partial charge is 0.0630 e. The van der Waals surface area contributed by atoms with Crippen molar-refractivity contribution in [3.05, 3.63) is 0 Å². The molecule has 84 valence electrons. The third kappa shape index (κ3) is 2.69. The molecule has 2 N–H and O–H groups in total. The molecule has 3 nitrogen and oxygen atoms in total. The fourth-order valence-electron chi connectivity index (χ4n) is 2.48. The Balaban J connectivity index is 2.54. The van der Waals surface area contributed by atoms with Gasteiger partial charge in [-0.05, 0) is 25.3 Å². The molecular weight excluding hydrogens is 176 g/mol. The summed E-state index contributed by atoms with van der Waals surface area (Å²) in [7, 11) is 1.75. The van der Waals surface area contributed by atoms with Crippen molar-refractivity contribution >= 4 is 0 Å². The molecule has 2 atom stereocenters. The van der Waals surface area contributed by atoms with Crippen molar-refractivity contribution in [1.82, 2.24) is 4.90 Å². The molecule has 1 aliphatic heterocycles. The lowest BCUT2D eigenvalue weighted by molar-refractivity contribution is 0.0728. The maximum atomic E-state index is 5.78. The number of methoxy groups -OCH3 is 1. The van der Waals surface area contributed by atoms with E-state index in [-0.39, 0.29) is 0 Å². The van der Waals surface area contributed by atoms with E-state index in [9.17, 15) is 0 Å². The van der Waals surface area contributed by atoms with E-state index in [2.05, 4.69) is 18.7 Å². The van der Waals surface area contributed by atoms with Crippen LogP contribution in [-0.4, -0.2) is 43.8 Å². The number of likely N-dealkylation sites (tertiary alicyclic amines) is 1. The van der Waals surface area contributed by atoms with Crippen LogP contribution in [0.2, 0.25) is 0 Å². The summed E-state index contributed by atoms with van der Waals surface area (Å²) in [5, 5.41) is 0. The first-order valence-corrected chi connectivity index (χ1v) is 5.65. The van der Waals surface area contributed by atoms with Gasteiger partial charge in [-0.3, -0.25) is 4.90 Å². The first-order chi connectivity index (χ1) is 6.70. The zero-order valence-electron chi connectivity index (χ0n) is 9.70. The van der Waals surface area contributed by atoms with E-state index < -0.39 is 0 Å². The van der Waals surface area contributed by atoms with Gasteiger partial charge >= 0.3 is 0 Å². The van der Waals surface area contributed by atoms with Crippen molar-refractivity contribution < 1.29 is 4.74 Å². The van der Waals surface area contributed by atoms with Crippen molar-refractivity contribution in [3.63, 3.8) is 0 Å². The quantitative estimate of drug-likeness (QED) is 0.722. The Hall–Kier alpha value is -0.120. The van der Waals surface area contributed by atoms with Crippen molar-refractivity contribution in [2.45, 2.75) is 38.8 Å². The van der Waals surface area contributed by atoms with Gasteiger partial charge in [-0.1, -0.05) is 13.8 Å². The lowest BCUT2D eigenvalue weighted by atomic mass is 10.0. The van der Waals surface area contributed by atoms with Crippen molar-refractivity contribution in [1.29, 1.82) is 0 Å². The zero-order chi connectivity index (χ0) is 10.6. The number of ether oxygens (including phenoxy) is 1. The highest BCUT2D eigenvalue weighted by atomic mass is 16.5. The predicted octanol–water partition coefficient (Wildman–Crippen LogP) is 1.08. The number of hydrogen-bond donors (Lipinski definition) is 1. The Bertz CT molecular complexity index is 161. The third-order valence-corrected chi connectivity index (χ3v) is 3.21. The molecule has 14 heavy (non-hydrogen) atoms. The Labute approximate surface area is 87.6 Å². The molecule has 2 unspecified atom stereocenters. The van der Waals surface area contributed by atoms with Crippen LogP contribution in [0.3, 0.4) is 0 Å². The van der Waals surface area contributed by atoms with E-state index in [0.717, 1.165) is 12.5 Å². The van der Waals surface area contributed by atoms with Gasteiger partial charge in [-0.15, -0.1) is 0 Å². The lowest BCUT2D eigenvalue weighted by Crippen LogP contribution is -2.47. The van der Waals surface area contributed by atoms with Crippen LogP contribution in [0.4, 0.5) is 0 Å². The van der Waals surface area contributed by atoms with E-state index in [1.165, 1.54) is 19.4 Å². The van der Waals surface area contributed by atoms with E-state index in [1.54, 1.807) is 7.11 Å². The summed E-state index contributed by atoms with van der Waals surface area (Å²) in [4.78, 5) is 2.54. The van der Waals surface area contributed by atoms with Gasteiger partial charge in [0.25, 0.3) is 0 Å². The molecule has 0 aromatic rings. The highest BCUT2D eigenvalue weighted by molar-refractivity contribution is 4.86. The fourth-order valence-corrected chi connectivity index (χ4v) is 2.48. The molecule has 1 heterocycles. The summed E-state index contributed by atoms with van der Waals surface area (Å²) in [5.41, 5.74) is 5.78. The van der Waals surface area contributed by atoms with Gasteiger partial charge in [-0.25, -0.2) is 0 Å². The highest BCUT2D eigenvalue weighted by Gasteiger charge is 2.31. The zero-order valence-corrected chi connectivity index (χ0v) is 9.70. The van der Waals surface area contributed by atoms with Crippen LogP contribution in [-0.2, 0) is 4.74 Å². The van der Waals surface area contributed by atoms with Crippen molar-refractivity contribution in [2.75, 3.05) is 26.8 Å². The summed E-state index contributed by atoms with van der Waals surface area (Å²) in [5.74, 6) is 0.725. The highest BCUT2D eigenvalue weighted by Crippen LogP contribution is 2.25. The topological polar surface area (TPSA) is 38.5 Å². The van der Waals surface area contributed by atoms with Crippen LogP contribution in [0.15, 0.2) is 0 Å². The molecule has 0 aromatic carbocycles. The average molecular weight is 200 g/mol. The second kappa shape index (κ2) is 5.69. The van der Waals surface area contributed by atoms with Crippen molar-refractivity contribution in [2.24, 2.45) is 11.7 Å². The van der Waals surface area contributed by atoms with Crippen LogP contribution >= 0.6 is 0 Å². The minimum Gasteiger partial charge on any atom is -0.383 e. The standard InChI is InChI=1S/C11H24N2O/c1-9(2)11-5-4-6-13(11)10(7-12)8-14-3/h9-11H,4-8,12H2,1-3H3. The van der Waals surface area contributed by atoms with Gasteiger partial charge in [0.05, 0.1) is 6.61 Å². The first-order valence-electron chi connectivity index (χ1n) is 5.65. The normalized spacial score (nSPS) is 25.9. The van der Waals surface area contributed by atoms with Crippen LogP contribution in [0.5, 0.6) is 0 Å². The lowest BCUT2D eigenvalue weighted by Gasteiger charge is -2.34. The molecule has 1 rings (SSSR count). The molecule has 0 aromatic heterocycles. The molecule has 0 spiro atoms. The number of rotatable bonds is 5. The predicted molar refractivity (Wildman–Crippen MR) is 59.3 cm³/mol. The Morgan fingerprint density at radius 1 is 1.50 bits per heavy atom. The summed E-state index contributed by atoms with van der Waals surface area (Å²) in [6.07, 6.45) is 2.63. The van der Waals surface area contributed by atoms with Gasteiger partial charge in [0, 0.05) is 25.7 Å². The minimum atomic E-state index is 0.412. The Morgan fingerprint density at radius 2 is 2.21 bits per heavy atom. The molecule has 0 aliphatic carbocycles. The average Bonchev–Trinajstić information content (AvgIpc) is 2.62. The fraction of sp³-hybridized carbons (Fsp3) is 1.00. The van der Waals surface area contributed by atoms with Gasteiger partial charge in [0.1, 0.15) is 0 Å². The monoisotopic (exact) mass is 200 g/mol. The maximum Gasteiger partial charge on any atom is 0.0630 e. The van der Waals surface area contributed by atoms with Gasteiger partial charge in [0.15, 0.2) is 0 Å². The van der Waals surface area contributed by atoms with Crippen molar-refractivity contribution in [3.8, 4) is 0 Å². The second-order valence-corrected chi connectivity index (χ2v) is 4.54. The second-order valence-electron chi connectivity index (χ2n) is 4.54. The molecule has 1 fully saturated rings. The number of nitrogens with zero attached hydrogens (tertiary/aromatic N) is 1. The van der Waals surface area contributed by atoms with E-state index in [0.29, 0.717) is 18.6 Å². The van der Waals surface area contributed by atoms with Crippen LogP contribution < -0.4 is 5.73 Å². The summed E-state index contributed by atoms with van der Waals surface area (Å²) in [6, 6.07) is 1.12. The summed E-state index contributed by atoms with van der Waals surface area (Å²) >= 11 is 0. The molecule has 0 saturated carbocycles. The van der Waals surface area contributed by atoms with E-state index in [4.69, 9.17) is 10.5 Å². The summed E-state index contributed by atoms with van der Waals surface area (Å²) < 4.78 is 5.21. The van der Waals surface area contributed by atoms with E-state index in [1.807, 2.05) is 0 Å². The van der Waals surface area contributed by atoms with Gasteiger partial charge < -0.3 is 10.5 Å². The number of hydrogen-bond acceptors (Lipinski definition) is 3. The molecule has 1 saturated heterocycles. The molecular formula is C11H24N2O.